The number of likely N-dealkylation sites (tertiary alicyclic amines) is 1. The molecular weight excluding hydrogens is 290 g/mol. The number of nitrogens with zero attached hydrogens (tertiary/aromatic N) is 2. The van der Waals surface area contributed by atoms with E-state index in [1.54, 1.807) is 0 Å². The van der Waals surface area contributed by atoms with E-state index in [0.717, 1.165) is 18.8 Å². The van der Waals surface area contributed by atoms with Crippen molar-refractivity contribution in [3.05, 3.63) is 33.5 Å². The molecule has 1 atom stereocenters. The molecule has 106 valence electrons. The highest BCUT2D eigenvalue weighted by molar-refractivity contribution is 7.13. The van der Waals surface area contributed by atoms with Crippen LogP contribution in [0.1, 0.15) is 36.4 Å². The number of amides is 1. The standard InChI is InChI=1S/C14H17N3OS2/c1-10(18)15-14-16-11(9-20-14)8-17-6-2-4-12(17)13-5-3-7-19-13/h3,5,7,9,12H,2,4,6,8H2,1H3,(H,15,16,18)/t12-/m1/s1. The summed E-state index contributed by atoms with van der Waals surface area (Å²) >= 11 is 3.32. The molecule has 4 nitrogen and oxygen atoms in total. The Bertz CT molecular complexity index is 579. The normalized spacial score (nSPS) is 19.4. The molecule has 2 aromatic rings. The van der Waals surface area contributed by atoms with Crippen LogP contribution in [0, 0.1) is 0 Å². The molecule has 0 aliphatic carbocycles. The third-order valence-electron chi connectivity index (χ3n) is 3.44. The number of nitrogens with one attached hydrogen (secondary N) is 1. The predicted octanol–water partition coefficient (Wildman–Crippen LogP) is 3.50. The van der Waals surface area contributed by atoms with Crippen LogP contribution in [-0.2, 0) is 11.3 Å². The van der Waals surface area contributed by atoms with Gasteiger partial charge in [-0.05, 0) is 30.8 Å². The molecule has 0 unspecified atom stereocenters. The van der Waals surface area contributed by atoms with Crippen LogP contribution in [0.5, 0.6) is 0 Å². The molecule has 1 saturated heterocycles. The van der Waals surface area contributed by atoms with E-state index in [1.165, 1.54) is 36.0 Å². The van der Waals surface area contributed by atoms with E-state index < -0.39 is 0 Å². The van der Waals surface area contributed by atoms with Gasteiger partial charge < -0.3 is 5.32 Å². The number of carbonyl (C=O) groups excluding carboxylic acids is 1. The largest absolute Gasteiger partial charge is 0.302 e. The van der Waals surface area contributed by atoms with E-state index in [9.17, 15) is 4.79 Å². The Hall–Kier alpha value is -1.24. The Morgan fingerprint density at radius 1 is 1.55 bits per heavy atom. The minimum Gasteiger partial charge on any atom is -0.302 e. The van der Waals surface area contributed by atoms with E-state index in [1.807, 2.05) is 16.7 Å². The van der Waals surface area contributed by atoms with Gasteiger partial charge in [-0.2, -0.15) is 0 Å². The van der Waals surface area contributed by atoms with Gasteiger partial charge in [0.15, 0.2) is 5.13 Å². The van der Waals surface area contributed by atoms with Gasteiger partial charge in [0, 0.05) is 29.8 Å². The molecule has 2 aromatic heterocycles. The van der Waals surface area contributed by atoms with Gasteiger partial charge in [0.05, 0.1) is 5.69 Å². The van der Waals surface area contributed by atoms with Crippen LogP contribution in [-0.4, -0.2) is 22.3 Å². The Labute approximate surface area is 126 Å². The van der Waals surface area contributed by atoms with Crippen molar-refractivity contribution in [1.29, 1.82) is 0 Å². The topological polar surface area (TPSA) is 45.2 Å². The van der Waals surface area contributed by atoms with Crippen LogP contribution in [0.2, 0.25) is 0 Å². The summed E-state index contributed by atoms with van der Waals surface area (Å²) in [6.07, 6.45) is 2.47. The summed E-state index contributed by atoms with van der Waals surface area (Å²) < 4.78 is 0. The van der Waals surface area contributed by atoms with Crippen LogP contribution < -0.4 is 5.32 Å². The predicted molar refractivity (Wildman–Crippen MR) is 83.1 cm³/mol. The molecule has 6 heteroatoms. The molecule has 0 radical (unpaired) electrons. The van der Waals surface area contributed by atoms with Crippen molar-refractivity contribution in [3.63, 3.8) is 0 Å². The third kappa shape index (κ3) is 3.08. The lowest BCUT2D eigenvalue weighted by molar-refractivity contribution is -0.114. The SMILES string of the molecule is CC(=O)Nc1nc(CN2CCC[C@@H]2c2cccs2)cs1. The third-order valence-corrected chi connectivity index (χ3v) is 5.22. The molecule has 3 rings (SSSR count). The first-order valence-corrected chi connectivity index (χ1v) is 8.48. The van der Waals surface area contributed by atoms with Gasteiger partial charge in [0.25, 0.3) is 0 Å². The number of thiophene rings is 1. The van der Waals surface area contributed by atoms with Crippen molar-refractivity contribution < 1.29 is 4.79 Å². The molecule has 0 bridgehead atoms. The van der Waals surface area contributed by atoms with Crippen molar-refractivity contribution in [1.82, 2.24) is 9.88 Å². The number of aromatic nitrogens is 1. The fourth-order valence-corrected chi connectivity index (χ4v) is 4.26. The zero-order chi connectivity index (χ0) is 13.9. The monoisotopic (exact) mass is 307 g/mol. The van der Waals surface area contributed by atoms with Crippen molar-refractivity contribution in [2.75, 3.05) is 11.9 Å². The number of hydrogen-bond acceptors (Lipinski definition) is 5. The van der Waals surface area contributed by atoms with Gasteiger partial charge in [-0.1, -0.05) is 6.07 Å². The highest BCUT2D eigenvalue weighted by Gasteiger charge is 2.27. The average molecular weight is 307 g/mol. The lowest BCUT2D eigenvalue weighted by atomic mass is 10.2. The molecular formula is C14H17N3OS2. The van der Waals surface area contributed by atoms with E-state index >= 15 is 0 Å². The maximum absolute atomic E-state index is 11.0. The molecule has 1 fully saturated rings. The summed E-state index contributed by atoms with van der Waals surface area (Å²) in [5.74, 6) is -0.0662. The molecule has 1 amide bonds. The quantitative estimate of drug-likeness (QED) is 0.940. The van der Waals surface area contributed by atoms with Crippen molar-refractivity contribution in [2.24, 2.45) is 0 Å². The lowest BCUT2D eigenvalue weighted by Gasteiger charge is -2.22. The van der Waals surface area contributed by atoms with Crippen LogP contribution in [0.4, 0.5) is 5.13 Å². The van der Waals surface area contributed by atoms with E-state index in [2.05, 4.69) is 32.7 Å². The summed E-state index contributed by atoms with van der Waals surface area (Å²) in [4.78, 5) is 19.4. The Kier molecular flexibility index (Phi) is 4.14. The van der Waals surface area contributed by atoms with Gasteiger partial charge in [0.1, 0.15) is 0 Å². The first-order chi connectivity index (χ1) is 9.72. The Morgan fingerprint density at radius 2 is 2.45 bits per heavy atom. The highest BCUT2D eigenvalue weighted by atomic mass is 32.1. The fourth-order valence-electron chi connectivity index (χ4n) is 2.61. The molecule has 1 aliphatic heterocycles. The molecule has 3 heterocycles. The number of rotatable bonds is 4. The van der Waals surface area contributed by atoms with Crippen molar-refractivity contribution in [3.8, 4) is 0 Å². The van der Waals surface area contributed by atoms with Crippen LogP contribution >= 0.6 is 22.7 Å². The number of anilines is 1. The van der Waals surface area contributed by atoms with Crippen LogP contribution in [0.3, 0.4) is 0 Å². The van der Waals surface area contributed by atoms with Gasteiger partial charge >= 0.3 is 0 Å². The summed E-state index contributed by atoms with van der Waals surface area (Å²) in [6.45, 7) is 3.49. The zero-order valence-electron chi connectivity index (χ0n) is 11.3. The van der Waals surface area contributed by atoms with Crippen LogP contribution in [0.25, 0.3) is 0 Å². The Morgan fingerprint density at radius 3 is 3.20 bits per heavy atom. The first kappa shape index (κ1) is 13.7. The number of thiazole rings is 1. The minimum atomic E-state index is -0.0662. The Balaban J connectivity index is 1.67. The molecule has 0 saturated carbocycles. The highest BCUT2D eigenvalue weighted by Crippen LogP contribution is 2.35. The van der Waals surface area contributed by atoms with Crippen molar-refractivity contribution in [2.45, 2.75) is 32.4 Å². The van der Waals surface area contributed by atoms with Gasteiger partial charge in [-0.25, -0.2) is 4.98 Å². The average Bonchev–Trinajstić information content (AvgIpc) is 3.10. The number of carbonyl (C=O) groups is 1. The molecule has 0 spiro atoms. The fraction of sp³-hybridized carbons (Fsp3) is 0.429. The van der Waals surface area contributed by atoms with Crippen LogP contribution in [0.15, 0.2) is 22.9 Å². The smallest absolute Gasteiger partial charge is 0.223 e. The second-order valence-corrected chi connectivity index (χ2v) is 6.81. The summed E-state index contributed by atoms with van der Waals surface area (Å²) in [7, 11) is 0. The molecule has 20 heavy (non-hydrogen) atoms. The minimum absolute atomic E-state index is 0.0662. The van der Waals surface area contributed by atoms with E-state index in [0.29, 0.717) is 11.2 Å². The maximum atomic E-state index is 11.0. The summed E-state index contributed by atoms with van der Waals surface area (Å²) in [5.41, 5.74) is 1.04. The van der Waals surface area contributed by atoms with Gasteiger partial charge in [0.2, 0.25) is 5.91 Å². The zero-order valence-corrected chi connectivity index (χ0v) is 13.0. The molecule has 0 aromatic carbocycles. The second-order valence-electron chi connectivity index (χ2n) is 4.97. The van der Waals surface area contributed by atoms with Gasteiger partial charge in [-0.3, -0.25) is 9.69 Å². The second kappa shape index (κ2) is 6.03. The van der Waals surface area contributed by atoms with Crippen molar-refractivity contribution >= 4 is 33.7 Å². The molecule has 1 aliphatic rings. The summed E-state index contributed by atoms with van der Waals surface area (Å²) in [6, 6.07) is 4.87. The summed E-state index contributed by atoms with van der Waals surface area (Å²) in [5, 5.41) is 7.61. The molecule has 1 N–H and O–H groups in total. The van der Waals surface area contributed by atoms with E-state index in [4.69, 9.17) is 0 Å². The number of hydrogen-bond donors (Lipinski definition) is 1. The van der Waals surface area contributed by atoms with E-state index in [-0.39, 0.29) is 5.91 Å². The maximum Gasteiger partial charge on any atom is 0.223 e. The lowest BCUT2D eigenvalue weighted by Crippen LogP contribution is -2.22. The first-order valence-electron chi connectivity index (χ1n) is 6.72. The van der Waals surface area contributed by atoms with Gasteiger partial charge in [-0.15, -0.1) is 22.7 Å².